The Balaban J connectivity index is 3.57. The van der Waals surface area contributed by atoms with Crippen molar-refractivity contribution in [2.75, 3.05) is 20.2 Å². The molecule has 0 heterocycles. The highest BCUT2D eigenvalue weighted by atomic mass is 16.5. The van der Waals surface area contributed by atoms with E-state index >= 15 is 0 Å². The third kappa shape index (κ3) is 20.0. The van der Waals surface area contributed by atoms with Gasteiger partial charge in [0.1, 0.15) is 6.61 Å². The second-order valence-electron chi connectivity index (χ2n) is 6.63. The number of nitrogens with two attached hydrogens (primary N) is 1. The number of nitrogens with zero attached hydrogens (tertiary/aromatic N) is 1. The van der Waals surface area contributed by atoms with E-state index in [1.165, 1.54) is 4.90 Å². The molecule has 0 amide bonds. The van der Waals surface area contributed by atoms with Gasteiger partial charge in [0.15, 0.2) is 5.96 Å². The fraction of sp³-hybridized carbons (Fsp3) is 0.500. The molecule has 0 radical (unpaired) electrons. The first-order chi connectivity index (χ1) is 14.1. The van der Waals surface area contributed by atoms with Gasteiger partial charge in [-0.2, -0.15) is 0 Å². The Morgan fingerprint density at radius 1 is 0.897 bits per heavy atom. The van der Waals surface area contributed by atoms with Crippen LogP contribution in [0.2, 0.25) is 0 Å². The molecule has 0 aliphatic rings. The Hall–Kier alpha value is -2.56. The minimum atomic E-state index is -0.200. The normalized spacial score (nSPS) is 12.2. The minimum absolute atomic E-state index is 0.0283. The summed E-state index contributed by atoms with van der Waals surface area (Å²) in [5.41, 5.74) is 5.31. The van der Waals surface area contributed by atoms with Crippen molar-refractivity contribution in [3.8, 4) is 0 Å². The third-order valence-corrected chi connectivity index (χ3v) is 4.01. The van der Waals surface area contributed by atoms with Gasteiger partial charge in [-0.15, -0.1) is 0 Å². The first-order valence-corrected chi connectivity index (χ1v) is 10.5. The first kappa shape index (κ1) is 26.4. The number of ether oxygens (including phenoxy) is 1. The second kappa shape index (κ2) is 20.2. The molecule has 162 valence electrons. The number of esters is 1. The molecule has 0 rings (SSSR count). The molecule has 0 aromatic carbocycles. The standard InChI is InChI=1S/C24H39N3O2/c1-3-4-5-6-7-8-9-10-11-12-13-14-15-16-17-18-19-20-23(28)29-22-21-27(2)24(25)26/h4-5,7-8,10-11,13-14,16-17H,3,6,9,12,15,18-22H2,1-2H3,(H3,25,26)/b5-4+,8-7+,11-10+,14-13+,17-16-. The number of carbonyl (C=O) groups is 1. The molecule has 0 bridgehead atoms. The van der Waals surface area contributed by atoms with Crippen LogP contribution < -0.4 is 5.73 Å². The lowest BCUT2D eigenvalue weighted by Crippen LogP contribution is -2.35. The van der Waals surface area contributed by atoms with Gasteiger partial charge in [0, 0.05) is 13.5 Å². The lowest BCUT2D eigenvalue weighted by atomic mass is 10.2. The summed E-state index contributed by atoms with van der Waals surface area (Å²) in [5.74, 6) is -0.228. The molecular formula is C24H39N3O2. The fourth-order valence-corrected chi connectivity index (χ4v) is 2.22. The van der Waals surface area contributed by atoms with Crippen LogP contribution in [0.4, 0.5) is 0 Å². The predicted molar refractivity (Wildman–Crippen MR) is 124 cm³/mol. The SMILES string of the molecule is CC/C=C/C/C=C/C/C=C/C/C=C/C/C=C\CCCC(=O)OCCN(C)C(=N)N. The van der Waals surface area contributed by atoms with Crippen LogP contribution >= 0.6 is 0 Å². The van der Waals surface area contributed by atoms with E-state index in [1.54, 1.807) is 7.05 Å². The minimum Gasteiger partial charge on any atom is -0.464 e. The summed E-state index contributed by atoms with van der Waals surface area (Å²) >= 11 is 0. The molecular weight excluding hydrogens is 362 g/mol. The average molecular weight is 402 g/mol. The fourth-order valence-electron chi connectivity index (χ4n) is 2.22. The number of likely N-dealkylation sites (N-methyl/N-ethyl adjacent to an activating group) is 1. The van der Waals surface area contributed by atoms with Gasteiger partial charge in [-0.25, -0.2) is 0 Å². The van der Waals surface area contributed by atoms with Gasteiger partial charge in [0.25, 0.3) is 0 Å². The molecule has 3 N–H and O–H groups in total. The maximum atomic E-state index is 11.6. The quantitative estimate of drug-likeness (QED) is 0.121. The first-order valence-electron chi connectivity index (χ1n) is 10.5. The lowest BCUT2D eigenvalue weighted by molar-refractivity contribution is -0.143. The van der Waals surface area contributed by atoms with Crippen molar-refractivity contribution in [2.24, 2.45) is 5.73 Å². The van der Waals surface area contributed by atoms with Crippen molar-refractivity contribution in [1.82, 2.24) is 4.90 Å². The largest absolute Gasteiger partial charge is 0.464 e. The number of hydrogen-bond acceptors (Lipinski definition) is 3. The molecule has 0 saturated heterocycles. The number of rotatable bonds is 16. The summed E-state index contributed by atoms with van der Waals surface area (Å²) < 4.78 is 5.11. The van der Waals surface area contributed by atoms with Crippen LogP contribution in [0.15, 0.2) is 60.8 Å². The molecule has 5 heteroatoms. The number of carbonyl (C=O) groups excluding carboxylic acids is 1. The molecule has 0 aromatic rings. The highest BCUT2D eigenvalue weighted by molar-refractivity contribution is 5.74. The monoisotopic (exact) mass is 401 g/mol. The van der Waals surface area contributed by atoms with Crippen LogP contribution in [-0.4, -0.2) is 37.0 Å². The zero-order valence-corrected chi connectivity index (χ0v) is 18.2. The third-order valence-electron chi connectivity index (χ3n) is 4.01. The van der Waals surface area contributed by atoms with E-state index in [1.807, 2.05) is 0 Å². The van der Waals surface area contributed by atoms with Crippen molar-refractivity contribution in [2.45, 2.75) is 58.3 Å². The summed E-state index contributed by atoms with van der Waals surface area (Å²) in [6.07, 6.45) is 28.8. The van der Waals surface area contributed by atoms with Gasteiger partial charge in [-0.3, -0.25) is 10.2 Å². The topological polar surface area (TPSA) is 79.4 Å². The number of guanidine groups is 1. The summed E-state index contributed by atoms with van der Waals surface area (Å²) in [6.45, 7) is 2.85. The predicted octanol–water partition coefficient (Wildman–Crippen LogP) is 5.28. The maximum Gasteiger partial charge on any atom is 0.305 e. The van der Waals surface area contributed by atoms with Crippen LogP contribution in [0.25, 0.3) is 0 Å². The van der Waals surface area contributed by atoms with Crippen LogP contribution in [-0.2, 0) is 9.53 Å². The lowest BCUT2D eigenvalue weighted by Gasteiger charge is -2.15. The smallest absolute Gasteiger partial charge is 0.305 e. The number of nitrogens with one attached hydrogen (secondary N) is 1. The van der Waals surface area contributed by atoms with Gasteiger partial charge in [0.2, 0.25) is 0 Å². The van der Waals surface area contributed by atoms with Crippen molar-refractivity contribution >= 4 is 11.9 Å². The molecule has 0 aliphatic heterocycles. The van der Waals surface area contributed by atoms with E-state index in [0.29, 0.717) is 13.0 Å². The van der Waals surface area contributed by atoms with Gasteiger partial charge < -0.3 is 15.4 Å². The summed E-state index contributed by atoms with van der Waals surface area (Å²) in [4.78, 5) is 13.1. The van der Waals surface area contributed by atoms with Gasteiger partial charge >= 0.3 is 5.97 Å². The zero-order chi connectivity index (χ0) is 21.6. The van der Waals surface area contributed by atoms with E-state index in [0.717, 1.165) is 44.9 Å². The molecule has 5 nitrogen and oxygen atoms in total. The Kier molecular flexibility index (Phi) is 18.4. The van der Waals surface area contributed by atoms with Crippen molar-refractivity contribution in [1.29, 1.82) is 5.41 Å². The van der Waals surface area contributed by atoms with Crippen molar-refractivity contribution in [3.05, 3.63) is 60.8 Å². The van der Waals surface area contributed by atoms with Crippen LogP contribution in [0.3, 0.4) is 0 Å². The molecule has 0 fully saturated rings. The Labute approximate surface area is 177 Å². The molecule has 29 heavy (non-hydrogen) atoms. The van der Waals surface area contributed by atoms with Crippen LogP contribution in [0, 0.1) is 5.41 Å². The molecule has 0 saturated carbocycles. The Morgan fingerprint density at radius 3 is 1.86 bits per heavy atom. The number of hydrogen-bond donors (Lipinski definition) is 2. The molecule has 0 spiro atoms. The van der Waals surface area contributed by atoms with Crippen LogP contribution in [0.5, 0.6) is 0 Å². The molecule has 0 unspecified atom stereocenters. The summed E-state index contributed by atoms with van der Waals surface area (Å²) in [6, 6.07) is 0. The zero-order valence-electron chi connectivity index (χ0n) is 18.2. The van der Waals surface area contributed by atoms with E-state index in [-0.39, 0.29) is 18.5 Å². The second-order valence-corrected chi connectivity index (χ2v) is 6.63. The summed E-state index contributed by atoms with van der Waals surface area (Å²) in [5, 5.41) is 7.22. The van der Waals surface area contributed by atoms with Crippen molar-refractivity contribution in [3.63, 3.8) is 0 Å². The van der Waals surface area contributed by atoms with Gasteiger partial charge in [-0.05, 0) is 44.9 Å². The molecule has 0 aliphatic carbocycles. The van der Waals surface area contributed by atoms with Crippen molar-refractivity contribution < 1.29 is 9.53 Å². The molecule has 0 atom stereocenters. The Morgan fingerprint density at radius 2 is 1.38 bits per heavy atom. The summed E-state index contributed by atoms with van der Waals surface area (Å²) in [7, 11) is 1.69. The number of allylic oxidation sites excluding steroid dienone is 10. The molecule has 0 aromatic heterocycles. The van der Waals surface area contributed by atoms with E-state index in [4.69, 9.17) is 15.9 Å². The maximum absolute atomic E-state index is 11.6. The van der Waals surface area contributed by atoms with E-state index < -0.39 is 0 Å². The van der Waals surface area contributed by atoms with Gasteiger partial charge in [0.05, 0.1) is 6.54 Å². The highest BCUT2D eigenvalue weighted by Crippen LogP contribution is 2.01. The number of unbranched alkanes of at least 4 members (excludes halogenated alkanes) is 1. The Bertz CT molecular complexity index is 575. The highest BCUT2D eigenvalue weighted by Gasteiger charge is 2.04. The van der Waals surface area contributed by atoms with E-state index in [9.17, 15) is 4.79 Å². The van der Waals surface area contributed by atoms with Gasteiger partial charge in [-0.1, -0.05) is 67.7 Å². The van der Waals surface area contributed by atoms with Crippen LogP contribution in [0.1, 0.15) is 58.3 Å². The average Bonchev–Trinajstić information content (AvgIpc) is 2.70. The van der Waals surface area contributed by atoms with E-state index in [2.05, 4.69) is 67.7 Å².